The van der Waals surface area contributed by atoms with E-state index in [4.69, 9.17) is 11.6 Å². The van der Waals surface area contributed by atoms with Crippen molar-refractivity contribution < 1.29 is 4.79 Å². The fourth-order valence-electron chi connectivity index (χ4n) is 3.65. The molecule has 5 aromatic rings. The van der Waals surface area contributed by atoms with Gasteiger partial charge in [-0.3, -0.25) is 14.6 Å². The highest BCUT2D eigenvalue weighted by atomic mass is 35.5. The average molecular weight is 458 g/mol. The first-order chi connectivity index (χ1) is 16.0. The molecule has 0 radical (unpaired) electrons. The molecule has 0 aliphatic carbocycles. The molecular formula is C23H16ClN7O2. The quantitative estimate of drug-likeness (QED) is 0.424. The number of pyridine rings is 3. The standard InChI is InChI=1S/C23H16ClN7O2/c1-13-18(15-3-2-4-17-16(15)5-6-26-22(17)32)11-25-12-19(13)23(33)30-14-9-20(24)21(27-10-14)31-28-7-8-29-31/h2-12H,1H3,(H,26,32)(H,30,33). The van der Waals surface area contributed by atoms with E-state index >= 15 is 0 Å². The lowest BCUT2D eigenvalue weighted by Crippen LogP contribution is -2.15. The van der Waals surface area contributed by atoms with E-state index in [1.165, 1.54) is 29.6 Å². The summed E-state index contributed by atoms with van der Waals surface area (Å²) in [6.45, 7) is 1.84. The number of carbonyl (C=O) groups excluding carboxylic acids is 1. The van der Waals surface area contributed by atoms with Crippen molar-refractivity contribution in [1.29, 1.82) is 0 Å². The lowest BCUT2D eigenvalue weighted by Gasteiger charge is -2.13. The second-order valence-electron chi connectivity index (χ2n) is 7.24. The third kappa shape index (κ3) is 3.74. The van der Waals surface area contributed by atoms with Gasteiger partial charge >= 0.3 is 0 Å². The van der Waals surface area contributed by atoms with Gasteiger partial charge in [0.25, 0.3) is 11.5 Å². The Kier molecular flexibility index (Phi) is 5.15. The van der Waals surface area contributed by atoms with E-state index in [9.17, 15) is 9.59 Å². The number of hydrogen-bond donors (Lipinski definition) is 2. The summed E-state index contributed by atoms with van der Waals surface area (Å²) in [6.07, 6.45) is 9.30. The molecule has 0 saturated carbocycles. The van der Waals surface area contributed by atoms with E-state index in [0.29, 0.717) is 22.5 Å². The Labute approximate surface area is 192 Å². The van der Waals surface area contributed by atoms with Gasteiger partial charge in [0.2, 0.25) is 0 Å². The normalized spacial score (nSPS) is 11.0. The maximum Gasteiger partial charge on any atom is 0.257 e. The van der Waals surface area contributed by atoms with Crippen molar-refractivity contribution in [1.82, 2.24) is 29.9 Å². The Balaban J connectivity index is 1.49. The summed E-state index contributed by atoms with van der Waals surface area (Å²) in [6, 6.07) is 8.88. The molecular weight excluding hydrogens is 442 g/mol. The second-order valence-corrected chi connectivity index (χ2v) is 7.64. The fraction of sp³-hybridized carbons (Fsp3) is 0.0435. The van der Waals surface area contributed by atoms with E-state index in [1.54, 1.807) is 24.5 Å². The van der Waals surface area contributed by atoms with Gasteiger partial charge in [-0.15, -0.1) is 4.80 Å². The van der Waals surface area contributed by atoms with Crippen molar-refractivity contribution >= 4 is 34.0 Å². The van der Waals surface area contributed by atoms with Crippen molar-refractivity contribution in [2.75, 3.05) is 5.32 Å². The van der Waals surface area contributed by atoms with Crippen LogP contribution in [0.5, 0.6) is 0 Å². The molecule has 0 aliphatic heterocycles. The van der Waals surface area contributed by atoms with E-state index in [0.717, 1.165) is 22.1 Å². The molecule has 5 rings (SSSR count). The van der Waals surface area contributed by atoms with Crippen LogP contribution in [-0.4, -0.2) is 35.9 Å². The molecule has 0 atom stereocenters. The number of halogens is 1. The predicted molar refractivity (Wildman–Crippen MR) is 125 cm³/mol. The topological polar surface area (TPSA) is 118 Å². The lowest BCUT2D eigenvalue weighted by atomic mass is 9.95. The molecule has 0 aliphatic rings. The summed E-state index contributed by atoms with van der Waals surface area (Å²) in [4.78, 5) is 37.7. The first-order valence-electron chi connectivity index (χ1n) is 9.92. The minimum atomic E-state index is -0.359. The molecule has 33 heavy (non-hydrogen) atoms. The van der Waals surface area contributed by atoms with Gasteiger partial charge in [-0.25, -0.2) is 4.98 Å². The van der Waals surface area contributed by atoms with Crippen LogP contribution in [0, 0.1) is 6.92 Å². The minimum Gasteiger partial charge on any atom is -0.329 e. The number of fused-ring (bicyclic) bond motifs is 1. The predicted octanol–water partition coefficient (Wildman–Crippen LogP) is 3.78. The van der Waals surface area contributed by atoms with Gasteiger partial charge in [0.05, 0.1) is 34.9 Å². The van der Waals surface area contributed by atoms with Crippen molar-refractivity contribution in [3.63, 3.8) is 0 Å². The number of aromatic amines is 1. The van der Waals surface area contributed by atoms with Crippen LogP contribution in [0.15, 0.2) is 72.3 Å². The smallest absolute Gasteiger partial charge is 0.257 e. The Morgan fingerprint density at radius 3 is 2.67 bits per heavy atom. The van der Waals surface area contributed by atoms with E-state index in [-0.39, 0.29) is 16.5 Å². The van der Waals surface area contributed by atoms with Crippen molar-refractivity contribution in [2.24, 2.45) is 0 Å². The van der Waals surface area contributed by atoms with Gasteiger partial charge in [-0.05, 0) is 41.6 Å². The summed E-state index contributed by atoms with van der Waals surface area (Å²) < 4.78 is 0. The second kappa shape index (κ2) is 8.29. The first kappa shape index (κ1) is 20.5. The molecule has 0 spiro atoms. The van der Waals surface area contributed by atoms with Crippen LogP contribution in [0.4, 0.5) is 5.69 Å². The third-order valence-electron chi connectivity index (χ3n) is 5.25. The first-order valence-corrected chi connectivity index (χ1v) is 10.3. The summed E-state index contributed by atoms with van der Waals surface area (Å²) in [5.74, 6) is -0.00628. The van der Waals surface area contributed by atoms with Crippen LogP contribution in [0.25, 0.3) is 27.7 Å². The number of nitrogens with zero attached hydrogens (tertiary/aromatic N) is 5. The molecule has 162 valence electrons. The van der Waals surface area contributed by atoms with Gasteiger partial charge in [0, 0.05) is 29.5 Å². The van der Waals surface area contributed by atoms with Crippen LogP contribution in [0.1, 0.15) is 15.9 Å². The summed E-state index contributed by atoms with van der Waals surface area (Å²) in [5, 5.41) is 12.4. The Hall–Kier alpha value is -4.37. The maximum atomic E-state index is 13.1. The van der Waals surface area contributed by atoms with Crippen LogP contribution < -0.4 is 10.9 Å². The lowest BCUT2D eigenvalue weighted by molar-refractivity contribution is 0.102. The zero-order valence-corrected chi connectivity index (χ0v) is 18.0. The van der Waals surface area contributed by atoms with E-state index in [2.05, 4.69) is 30.5 Å². The molecule has 4 heterocycles. The number of hydrogen-bond acceptors (Lipinski definition) is 6. The highest BCUT2D eigenvalue weighted by molar-refractivity contribution is 6.32. The van der Waals surface area contributed by atoms with Gasteiger partial charge < -0.3 is 10.3 Å². The number of aromatic nitrogens is 6. The van der Waals surface area contributed by atoms with Gasteiger partial charge in [0.15, 0.2) is 5.82 Å². The van der Waals surface area contributed by atoms with Gasteiger partial charge in [0.1, 0.15) is 0 Å². The zero-order valence-electron chi connectivity index (χ0n) is 17.3. The van der Waals surface area contributed by atoms with E-state index < -0.39 is 0 Å². The van der Waals surface area contributed by atoms with E-state index in [1.807, 2.05) is 25.1 Å². The number of benzene rings is 1. The van der Waals surface area contributed by atoms with Crippen molar-refractivity contribution in [2.45, 2.75) is 6.92 Å². The Morgan fingerprint density at radius 2 is 1.88 bits per heavy atom. The largest absolute Gasteiger partial charge is 0.329 e. The summed E-state index contributed by atoms with van der Waals surface area (Å²) in [7, 11) is 0. The van der Waals surface area contributed by atoms with Crippen molar-refractivity contribution in [3.05, 3.63) is 94.0 Å². The van der Waals surface area contributed by atoms with Crippen LogP contribution in [0.3, 0.4) is 0 Å². The number of anilines is 1. The average Bonchev–Trinajstić information content (AvgIpc) is 3.34. The van der Waals surface area contributed by atoms with Crippen LogP contribution in [-0.2, 0) is 0 Å². The molecule has 9 nitrogen and oxygen atoms in total. The van der Waals surface area contributed by atoms with Gasteiger partial charge in [-0.2, -0.15) is 10.2 Å². The molecule has 0 unspecified atom stereocenters. The summed E-state index contributed by atoms with van der Waals surface area (Å²) >= 11 is 6.30. The SMILES string of the molecule is Cc1c(C(=O)Nc2cnc(-n3nccn3)c(Cl)c2)cncc1-c1cccc2c(=O)[nH]ccc12. The molecule has 0 bridgehead atoms. The molecule has 1 amide bonds. The summed E-state index contributed by atoms with van der Waals surface area (Å²) in [5.41, 5.74) is 2.94. The number of nitrogens with one attached hydrogen (secondary N) is 2. The van der Waals surface area contributed by atoms with Crippen LogP contribution >= 0.6 is 11.6 Å². The van der Waals surface area contributed by atoms with Gasteiger partial charge in [-0.1, -0.05) is 23.7 Å². The zero-order chi connectivity index (χ0) is 22.9. The minimum absolute atomic E-state index is 0.174. The molecule has 0 fully saturated rings. The van der Waals surface area contributed by atoms with Crippen LogP contribution in [0.2, 0.25) is 5.02 Å². The fourth-order valence-corrected chi connectivity index (χ4v) is 3.89. The molecule has 2 N–H and O–H groups in total. The number of amides is 1. The molecule has 4 aromatic heterocycles. The highest BCUT2D eigenvalue weighted by Gasteiger charge is 2.17. The molecule has 1 aromatic carbocycles. The Bertz CT molecular complexity index is 1560. The molecule has 10 heteroatoms. The number of rotatable bonds is 4. The molecule has 0 saturated heterocycles. The monoisotopic (exact) mass is 457 g/mol. The third-order valence-corrected chi connectivity index (χ3v) is 5.53. The Morgan fingerprint density at radius 1 is 1.06 bits per heavy atom. The maximum absolute atomic E-state index is 13.1. The number of H-pyrrole nitrogens is 1. The highest BCUT2D eigenvalue weighted by Crippen LogP contribution is 2.30. The van der Waals surface area contributed by atoms with Crippen molar-refractivity contribution in [3.8, 4) is 16.9 Å². The number of carbonyl (C=O) groups is 1.